The molecule has 0 aromatic heterocycles. The maximum Gasteiger partial charge on any atom is 0.327 e. The van der Waals surface area contributed by atoms with Crippen LogP contribution < -0.4 is 16.8 Å². The van der Waals surface area contributed by atoms with Gasteiger partial charge in [-0.05, 0) is 82.9 Å². The van der Waals surface area contributed by atoms with Crippen LogP contribution in [0, 0.1) is 0 Å². The van der Waals surface area contributed by atoms with Crippen molar-refractivity contribution in [1.29, 1.82) is 0 Å². The van der Waals surface area contributed by atoms with Crippen LogP contribution in [0.5, 0.6) is 0 Å². The number of rotatable bonds is 2. The molecule has 0 spiro atoms. The highest BCUT2D eigenvalue weighted by Gasteiger charge is 2.09. The zero-order valence-corrected chi connectivity index (χ0v) is 37.7. The average Bonchev–Trinajstić information content (AvgIpc) is 2.91. The Morgan fingerprint density at radius 1 is 0.688 bits per heavy atom. The Morgan fingerprint density at radius 2 is 0.875 bits per heavy atom. The minimum absolute atomic E-state index is 0. The lowest BCUT2D eigenvalue weighted by Crippen LogP contribution is -2.38. The number of hydrogen-bond acceptors (Lipinski definition) is 10. The number of nitrogens with two attached hydrogens (primary N) is 2. The Kier molecular flexibility index (Phi) is 109. The number of hydrogen-bond donors (Lipinski definition) is 3. The molecule has 0 unspecified atom stereocenters. The largest absolute Gasteiger partial charge is 0.367 e. The van der Waals surface area contributed by atoms with Crippen molar-refractivity contribution in [3.63, 3.8) is 0 Å². The molecule has 0 saturated carbocycles. The van der Waals surface area contributed by atoms with E-state index in [1.165, 1.54) is 53.7 Å². The van der Waals surface area contributed by atoms with Gasteiger partial charge >= 0.3 is 7.60 Å². The molecule has 0 bridgehead atoms. The maximum atomic E-state index is 10.5. The molecule has 0 heterocycles. The molecule has 0 atom stereocenters. The summed E-state index contributed by atoms with van der Waals surface area (Å²) in [5.74, 6) is 1.17. The van der Waals surface area contributed by atoms with Crippen LogP contribution in [0.15, 0.2) is 4.99 Å². The zero-order valence-electron chi connectivity index (χ0n) is 35.9. The van der Waals surface area contributed by atoms with Gasteiger partial charge in [-0.1, -0.05) is 35.1 Å². The standard InChI is InChI=1S/C6H13NO.C5H12N2.C4H9NO.C3H9N.C3H9O3P.C3H9OP.2C2H6.2CH5N.CH4.2B/c1-5(8)7-6(2,3)4;1-5(6-2)7(3)4;1-4(6)5(2)3;1-4(2)3;1-5-7(3,4)6-2;1-5(2,3)4;4*1-2;;;/h1-4H3,(H,7,8);1-4H3;1-3H3;1-3H3;1-3H3;1-3H3;2*1-2H3;2*2H2,1H3;1H4;;. The molecule has 0 aliphatic heterocycles. The van der Waals surface area contributed by atoms with Crippen LogP contribution >= 0.6 is 14.7 Å². The molecule has 0 fully saturated rings. The predicted molar refractivity (Wildman–Crippen MR) is 224 cm³/mol. The molecule has 0 aliphatic carbocycles. The molecule has 6 radical (unpaired) electrons. The monoisotopic (exact) mass is 738 g/mol. The summed E-state index contributed by atoms with van der Waals surface area (Å²) in [4.78, 5) is 29.8. The first-order valence-electron chi connectivity index (χ1n) is 14.6. The van der Waals surface area contributed by atoms with E-state index in [9.17, 15) is 18.7 Å². The van der Waals surface area contributed by atoms with Gasteiger partial charge in [-0.25, -0.2) is 0 Å². The molecule has 0 aromatic carbocycles. The number of amides is 2. The first-order valence-corrected chi connectivity index (χ1v) is 19.7. The quantitative estimate of drug-likeness (QED) is 0.148. The first kappa shape index (κ1) is 85.9. The van der Waals surface area contributed by atoms with Gasteiger partial charge in [0.1, 0.15) is 0 Å². The van der Waals surface area contributed by atoms with Crippen molar-refractivity contribution in [2.45, 2.75) is 82.2 Å². The first-order chi connectivity index (χ1) is 20.1. The molecule has 48 heavy (non-hydrogen) atoms. The fourth-order valence-electron chi connectivity index (χ4n) is 0.803. The molecule has 2 amide bonds. The highest BCUT2D eigenvalue weighted by atomic mass is 31.2. The van der Waals surface area contributed by atoms with E-state index in [0.717, 1.165) is 5.84 Å². The minimum atomic E-state index is -2.65. The Balaban J connectivity index is -0.0000000266. The molecule has 0 aromatic rings. The van der Waals surface area contributed by atoms with Gasteiger partial charge in [-0.2, -0.15) is 0 Å². The van der Waals surface area contributed by atoms with Gasteiger partial charge in [-0.3, -0.25) is 19.1 Å². The van der Waals surface area contributed by atoms with E-state index in [0.29, 0.717) is 0 Å². The normalized spacial score (nSPS) is 8.73. The van der Waals surface area contributed by atoms with E-state index in [1.54, 1.807) is 41.1 Å². The van der Waals surface area contributed by atoms with Crippen LogP contribution in [0.4, 0.5) is 0 Å². The highest BCUT2D eigenvalue weighted by Crippen LogP contribution is 2.40. The van der Waals surface area contributed by atoms with Gasteiger partial charge in [0.2, 0.25) is 11.8 Å². The molecular weight excluding hydrogens is 650 g/mol. The Bertz CT molecular complexity index is 688. The summed E-state index contributed by atoms with van der Waals surface area (Å²) in [5, 5.41) is 2.74. The lowest BCUT2D eigenvalue weighted by molar-refractivity contribution is -0.126. The van der Waals surface area contributed by atoms with Crippen LogP contribution in [0.25, 0.3) is 0 Å². The fraction of sp³-hybridized carbons (Fsp3) is 0.903. The third kappa shape index (κ3) is 219. The average molecular weight is 738 g/mol. The highest BCUT2D eigenvalue weighted by molar-refractivity contribution is 7.61. The minimum Gasteiger partial charge on any atom is -0.367 e. The van der Waals surface area contributed by atoms with Gasteiger partial charge in [0.05, 0.1) is 13.0 Å². The van der Waals surface area contributed by atoms with Crippen LogP contribution in [-0.2, 0) is 27.8 Å². The third-order valence-electron chi connectivity index (χ3n) is 2.81. The van der Waals surface area contributed by atoms with Crippen LogP contribution in [-0.4, -0.2) is 166 Å². The summed E-state index contributed by atoms with van der Waals surface area (Å²) in [5.41, 5.74) is 8.92. The second kappa shape index (κ2) is 61.1. The lowest BCUT2D eigenvalue weighted by atomic mass is 10.1. The summed E-state index contributed by atoms with van der Waals surface area (Å²) in [6.07, 6.45) is 0. The summed E-state index contributed by atoms with van der Waals surface area (Å²) in [7, 11) is 16.6. The van der Waals surface area contributed by atoms with Crippen molar-refractivity contribution in [1.82, 2.24) is 20.0 Å². The summed E-state index contributed by atoms with van der Waals surface area (Å²) < 4.78 is 29.6. The predicted octanol–water partition coefficient (Wildman–Crippen LogP) is 5.21. The molecule has 13 nitrogen and oxygen atoms in total. The van der Waals surface area contributed by atoms with E-state index in [1.807, 2.05) is 100 Å². The van der Waals surface area contributed by atoms with E-state index >= 15 is 0 Å². The summed E-state index contributed by atoms with van der Waals surface area (Å²) >= 11 is 0. The maximum absolute atomic E-state index is 10.5. The molecule has 0 rings (SSSR count). The van der Waals surface area contributed by atoms with Crippen LogP contribution in [0.2, 0.25) is 0 Å². The van der Waals surface area contributed by atoms with Crippen molar-refractivity contribution in [3.8, 4) is 0 Å². The second-order valence-electron chi connectivity index (χ2n) is 10.4. The Hall–Kier alpha value is -1.20. The SMILES string of the molecule is C.CC.CC.CC(=O)N(C)C.CC(=O)NC(C)(C)C.CN.CN.CN(C)C.CN=C(C)N(C)C.COP(C)(=O)OC.CP(C)(C)=O.[B].[B]. The van der Waals surface area contributed by atoms with Crippen molar-refractivity contribution in [2.75, 3.05) is 111 Å². The summed E-state index contributed by atoms with van der Waals surface area (Å²) in [6, 6.07) is 0. The fourth-order valence-corrected chi connectivity index (χ4v) is 0.952. The van der Waals surface area contributed by atoms with Gasteiger partial charge in [0.15, 0.2) is 0 Å². The van der Waals surface area contributed by atoms with Gasteiger partial charge in [0.25, 0.3) is 0 Å². The van der Waals surface area contributed by atoms with E-state index in [-0.39, 0.29) is 41.6 Å². The Morgan fingerprint density at radius 3 is 0.875 bits per heavy atom. The van der Waals surface area contributed by atoms with Crippen molar-refractivity contribution in [2.24, 2.45) is 16.5 Å². The number of aliphatic imine (C=N–C) groups is 1. The molecule has 0 aliphatic rings. The van der Waals surface area contributed by atoms with Gasteiger partial charge in [0, 0.05) is 92.3 Å². The molecule has 17 heteroatoms. The molecule has 298 valence electrons. The molecule has 5 N–H and O–H groups in total. The van der Waals surface area contributed by atoms with E-state index < -0.39 is 14.7 Å². The number of carbonyl (C=O) groups is 2. The lowest BCUT2D eigenvalue weighted by Gasteiger charge is -2.18. The van der Waals surface area contributed by atoms with E-state index in [2.05, 4.69) is 30.8 Å². The van der Waals surface area contributed by atoms with Crippen LogP contribution in [0.3, 0.4) is 0 Å². The number of amidine groups is 1. The molecule has 0 saturated heterocycles. The van der Waals surface area contributed by atoms with Crippen molar-refractivity contribution in [3.05, 3.63) is 0 Å². The second-order valence-corrected chi connectivity index (χ2v) is 16.4. The van der Waals surface area contributed by atoms with E-state index in [4.69, 9.17) is 0 Å². The van der Waals surface area contributed by atoms with Crippen molar-refractivity contribution < 1.29 is 27.8 Å². The number of nitrogens with one attached hydrogen (secondary N) is 1. The summed E-state index contributed by atoms with van der Waals surface area (Å²) in [6.45, 7) is 25.5. The molecular formula is C31H87B2N7O6P2. The smallest absolute Gasteiger partial charge is 0.327 e. The zero-order chi connectivity index (χ0) is 39.8. The number of nitrogens with zero attached hydrogens (tertiary/aromatic N) is 4. The third-order valence-corrected chi connectivity index (χ3v) is 4.14. The number of carbonyl (C=O) groups excluding carboxylic acids is 2. The van der Waals surface area contributed by atoms with Gasteiger partial charge in [-0.15, -0.1) is 0 Å². The van der Waals surface area contributed by atoms with Crippen LogP contribution in [0.1, 0.15) is 76.7 Å². The van der Waals surface area contributed by atoms with Gasteiger partial charge < -0.3 is 45.1 Å². The Labute approximate surface area is 306 Å². The topological polar surface area (TPSA) is 173 Å². The van der Waals surface area contributed by atoms with Crippen molar-refractivity contribution >= 4 is 49.2 Å².